The van der Waals surface area contributed by atoms with Crippen LogP contribution >= 0.6 is 0 Å². The van der Waals surface area contributed by atoms with Crippen LogP contribution in [0.5, 0.6) is 0 Å². The van der Waals surface area contributed by atoms with Gasteiger partial charge < -0.3 is 10.4 Å². The van der Waals surface area contributed by atoms with Gasteiger partial charge in [0.25, 0.3) is 0 Å². The standard InChI is InChI=1S/C12H21N3O/c1-15-9-10(8-14-15)6-7-13-11-2-4-12(16)5-3-11/h8-9,11-13,16H,2-7H2,1H3. The summed E-state index contributed by atoms with van der Waals surface area (Å²) >= 11 is 0. The van der Waals surface area contributed by atoms with Crippen molar-refractivity contribution in [3.8, 4) is 0 Å². The summed E-state index contributed by atoms with van der Waals surface area (Å²) in [6.07, 6.45) is 9.07. The highest BCUT2D eigenvalue weighted by Crippen LogP contribution is 2.18. The number of rotatable bonds is 4. The van der Waals surface area contributed by atoms with Crippen molar-refractivity contribution in [2.75, 3.05) is 6.54 Å². The minimum Gasteiger partial charge on any atom is -0.393 e. The summed E-state index contributed by atoms with van der Waals surface area (Å²) in [4.78, 5) is 0. The summed E-state index contributed by atoms with van der Waals surface area (Å²) in [7, 11) is 1.94. The van der Waals surface area contributed by atoms with Gasteiger partial charge in [-0.2, -0.15) is 5.10 Å². The lowest BCUT2D eigenvalue weighted by Gasteiger charge is -2.26. The Morgan fingerprint density at radius 3 is 2.81 bits per heavy atom. The molecule has 1 aliphatic rings. The fourth-order valence-corrected chi connectivity index (χ4v) is 2.30. The van der Waals surface area contributed by atoms with Gasteiger partial charge >= 0.3 is 0 Å². The van der Waals surface area contributed by atoms with Gasteiger partial charge in [-0.05, 0) is 44.2 Å². The van der Waals surface area contributed by atoms with Crippen molar-refractivity contribution in [3.05, 3.63) is 18.0 Å². The third kappa shape index (κ3) is 3.32. The average molecular weight is 223 g/mol. The Bertz CT molecular complexity index is 316. The SMILES string of the molecule is Cn1cc(CCNC2CCC(O)CC2)cn1. The third-order valence-electron chi connectivity index (χ3n) is 3.30. The molecule has 1 fully saturated rings. The molecule has 0 aromatic carbocycles. The molecule has 1 aliphatic carbocycles. The van der Waals surface area contributed by atoms with Crippen molar-refractivity contribution in [1.29, 1.82) is 0 Å². The molecular weight excluding hydrogens is 202 g/mol. The van der Waals surface area contributed by atoms with Crippen molar-refractivity contribution < 1.29 is 5.11 Å². The lowest BCUT2D eigenvalue weighted by molar-refractivity contribution is 0.117. The molecule has 2 rings (SSSR count). The van der Waals surface area contributed by atoms with Crippen molar-refractivity contribution in [3.63, 3.8) is 0 Å². The number of aromatic nitrogens is 2. The zero-order valence-corrected chi connectivity index (χ0v) is 9.89. The van der Waals surface area contributed by atoms with Crippen LogP contribution in [0.15, 0.2) is 12.4 Å². The lowest BCUT2D eigenvalue weighted by Crippen LogP contribution is -2.35. The topological polar surface area (TPSA) is 50.1 Å². The minimum atomic E-state index is -0.0589. The van der Waals surface area contributed by atoms with E-state index in [9.17, 15) is 5.11 Å². The van der Waals surface area contributed by atoms with Gasteiger partial charge in [0, 0.05) is 19.3 Å². The summed E-state index contributed by atoms with van der Waals surface area (Å²) in [5, 5.41) is 17.1. The predicted molar refractivity (Wildman–Crippen MR) is 63.2 cm³/mol. The Kier molecular flexibility index (Phi) is 3.96. The van der Waals surface area contributed by atoms with E-state index in [-0.39, 0.29) is 6.10 Å². The summed E-state index contributed by atoms with van der Waals surface area (Å²) in [5.74, 6) is 0. The monoisotopic (exact) mass is 223 g/mol. The molecule has 1 heterocycles. The first-order valence-corrected chi connectivity index (χ1v) is 6.13. The van der Waals surface area contributed by atoms with Crippen LogP contribution in [0.4, 0.5) is 0 Å². The molecule has 0 bridgehead atoms. The zero-order valence-electron chi connectivity index (χ0n) is 9.89. The molecule has 4 heteroatoms. The van der Waals surface area contributed by atoms with Crippen LogP contribution in [0.25, 0.3) is 0 Å². The van der Waals surface area contributed by atoms with Crippen LogP contribution in [0.1, 0.15) is 31.2 Å². The van der Waals surface area contributed by atoms with Crippen molar-refractivity contribution in [2.24, 2.45) is 7.05 Å². The Morgan fingerprint density at radius 2 is 2.19 bits per heavy atom. The van der Waals surface area contributed by atoms with Gasteiger partial charge in [-0.3, -0.25) is 4.68 Å². The fraction of sp³-hybridized carbons (Fsp3) is 0.750. The molecule has 4 nitrogen and oxygen atoms in total. The van der Waals surface area contributed by atoms with E-state index in [2.05, 4.69) is 16.6 Å². The highest BCUT2D eigenvalue weighted by molar-refractivity contribution is 5.03. The maximum Gasteiger partial charge on any atom is 0.0541 e. The first-order chi connectivity index (χ1) is 7.74. The van der Waals surface area contributed by atoms with E-state index in [1.54, 1.807) is 0 Å². The number of hydrogen-bond acceptors (Lipinski definition) is 3. The van der Waals surface area contributed by atoms with Gasteiger partial charge in [0.1, 0.15) is 0 Å². The molecule has 0 amide bonds. The molecule has 0 saturated heterocycles. The van der Waals surface area contributed by atoms with Crippen LogP contribution in [0, 0.1) is 0 Å². The number of nitrogens with one attached hydrogen (secondary N) is 1. The first-order valence-electron chi connectivity index (χ1n) is 6.13. The molecule has 0 spiro atoms. The van der Waals surface area contributed by atoms with E-state index in [1.807, 2.05) is 17.9 Å². The van der Waals surface area contributed by atoms with Gasteiger partial charge in [0.2, 0.25) is 0 Å². The van der Waals surface area contributed by atoms with E-state index < -0.39 is 0 Å². The van der Waals surface area contributed by atoms with E-state index >= 15 is 0 Å². The van der Waals surface area contributed by atoms with Gasteiger partial charge in [-0.15, -0.1) is 0 Å². The highest BCUT2D eigenvalue weighted by Gasteiger charge is 2.18. The molecule has 0 aliphatic heterocycles. The Labute approximate surface area is 96.7 Å². The number of aliphatic hydroxyl groups excluding tert-OH is 1. The quantitative estimate of drug-likeness (QED) is 0.796. The number of aryl methyl sites for hydroxylation is 1. The smallest absolute Gasteiger partial charge is 0.0541 e. The molecule has 2 N–H and O–H groups in total. The van der Waals surface area contributed by atoms with Crippen LogP contribution < -0.4 is 5.32 Å². The molecule has 0 radical (unpaired) electrons. The molecule has 0 unspecified atom stereocenters. The van der Waals surface area contributed by atoms with Crippen LogP contribution in [-0.2, 0) is 13.5 Å². The second-order valence-electron chi connectivity index (χ2n) is 4.73. The largest absolute Gasteiger partial charge is 0.393 e. The van der Waals surface area contributed by atoms with E-state index in [1.165, 1.54) is 5.56 Å². The van der Waals surface area contributed by atoms with Gasteiger partial charge in [-0.1, -0.05) is 0 Å². The summed E-state index contributed by atoms with van der Waals surface area (Å²) < 4.78 is 1.84. The van der Waals surface area contributed by atoms with Gasteiger partial charge in [0.15, 0.2) is 0 Å². The molecule has 1 aromatic rings. The number of aliphatic hydroxyl groups is 1. The van der Waals surface area contributed by atoms with Gasteiger partial charge in [-0.25, -0.2) is 0 Å². The molecular formula is C12H21N3O. The number of nitrogens with zero attached hydrogens (tertiary/aromatic N) is 2. The second-order valence-corrected chi connectivity index (χ2v) is 4.73. The van der Waals surface area contributed by atoms with Crippen molar-refractivity contribution in [2.45, 2.75) is 44.2 Å². The fourth-order valence-electron chi connectivity index (χ4n) is 2.30. The zero-order chi connectivity index (χ0) is 11.4. The first kappa shape index (κ1) is 11.6. The maximum atomic E-state index is 9.39. The van der Waals surface area contributed by atoms with E-state index in [0.29, 0.717) is 6.04 Å². The van der Waals surface area contributed by atoms with Crippen molar-refractivity contribution >= 4 is 0 Å². The van der Waals surface area contributed by atoms with Crippen LogP contribution in [0.3, 0.4) is 0 Å². The van der Waals surface area contributed by atoms with Crippen LogP contribution in [0.2, 0.25) is 0 Å². The molecule has 90 valence electrons. The Hall–Kier alpha value is -0.870. The summed E-state index contributed by atoms with van der Waals surface area (Å²) in [6, 6.07) is 0.597. The molecule has 16 heavy (non-hydrogen) atoms. The molecule has 0 atom stereocenters. The van der Waals surface area contributed by atoms with E-state index in [0.717, 1.165) is 38.6 Å². The van der Waals surface area contributed by atoms with E-state index in [4.69, 9.17) is 0 Å². The van der Waals surface area contributed by atoms with Gasteiger partial charge in [0.05, 0.1) is 12.3 Å². The summed E-state index contributed by atoms with van der Waals surface area (Å²) in [5.41, 5.74) is 1.28. The minimum absolute atomic E-state index is 0.0589. The predicted octanol–water partition coefficient (Wildman–Crippen LogP) is 0.856. The normalized spacial score (nSPS) is 25.9. The molecule has 1 aromatic heterocycles. The third-order valence-corrected chi connectivity index (χ3v) is 3.30. The Balaban J connectivity index is 1.64. The van der Waals surface area contributed by atoms with Crippen LogP contribution in [-0.4, -0.2) is 33.6 Å². The second kappa shape index (κ2) is 5.46. The Morgan fingerprint density at radius 1 is 1.44 bits per heavy atom. The maximum absolute atomic E-state index is 9.39. The highest BCUT2D eigenvalue weighted by atomic mass is 16.3. The van der Waals surface area contributed by atoms with Crippen molar-refractivity contribution in [1.82, 2.24) is 15.1 Å². The lowest BCUT2D eigenvalue weighted by atomic mass is 9.93. The molecule has 1 saturated carbocycles. The average Bonchev–Trinajstić information content (AvgIpc) is 2.67. The summed E-state index contributed by atoms with van der Waals surface area (Å²) in [6.45, 7) is 1.01. The number of hydrogen-bond donors (Lipinski definition) is 2.